The number of methoxy groups -OCH3 is 1. The van der Waals surface area contributed by atoms with Gasteiger partial charge in [-0.1, -0.05) is 19.9 Å². The zero-order valence-electron chi connectivity index (χ0n) is 19.4. The molecular weight excluding hydrogens is 422 g/mol. The standard InChI is InChI=1S/C25H31N3O5/c1-6-8-19-13-17(14-21(23(19)29)33-7-2)15-26-28-25(31)22(16(3)4)27-24(30)18-9-11-20(32-5)12-10-18/h6,9-16,22,29H,1,7-8H2,2-5H3,(H,27,30)(H,28,31)/b26-15+. The van der Waals surface area contributed by atoms with E-state index in [2.05, 4.69) is 22.4 Å². The van der Waals surface area contributed by atoms with Crippen LogP contribution >= 0.6 is 0 Å². The minimum absolute atomic E-state index is 0.0547. The van der Waals surface area contributed by atoms with E-state index in [0.717, 1.165) is 0 Å². The lowest BCUT2D eigenvalue weighted by Gasteiger charge is -2.20. The third-order valence-corrected chi connectivity index (χ3v) is 4.82. The molecule has 0 fully saturated rings. The van der Waals surface area contributed by atoms with Gasteiger partial charge in [-0.2, -0.15) is 5.10 Å². The van der Waals surface area contributed by atoms with E-state index in [0.29, 0.717) is 41.2 Å². The summed E-state index contributed by atoms with van der Waals surface area (Å²) in [4.78, 5) is 25.3. The number of nitrogens with one attached hydrogen (secondary N) is 2. The van der Waals surface area contributed by atoms with Gasteiger partial charge in [0.2, 0.25) is 0 Å². The largest absolute Gasteiger partial charge is 0.504 e. The Balaban J connectivity index is 2.11. The number of phenolic OH excluding ortho intramolecular Hbond substituents is 1. The number of hydrogen-bond donors (Lipinski definition) is 3. The van der Waals surface area contributed by atoms with E-state index in [-0.39, 0.29) is 17.6 Å². The van der Waals surface area contributed by atoms with Gasteiger partial charge in [-0.15, -0.1) is 6.58 Å². The van der Waals surface area contributed by atoms with Gasteiger partial charge in [0.25, 0.3) is 11.8 Å². The highest BCUT2D eigenvalue weighted by Gasteiger charge is 2.24. The highest BCUT2D eigenvalue weighted by Crippen LogP contribution is 2.31. The predicted octanol–water partition coefficient (Wildman–Crippen LogP) is 3.43. The molecule has 0 aliphatic heterocycles. The van der Waals surface area contributed by atoms with Gasteiger partial charge in [-0.25, -0.2) is 5.43 Å². The molecule has 0 saturated heterocycles. The first-order valence-electron chi connectivity index (χ1n) is 10.7. The molecule has 8 heteroatoms. The third kappa shape index (κ3) is 7.10. The van der Waals surface area contributed by atoms with Crippen molar-refractivity contribution in [1.82, 2.24) is 10.7 Å². The SMILES string of the molecule is C=CCc1cc(/C=N/NC(=O)C(NC(=O)c2ccc(OC)cc2)C(C)C)cc(OCC)c1O. The number of rotatable bonds is 11. The fourth-order valence-electron chi connectivity index (χ4n) is 3.08. The molecule has 0 radical (unpaired) electrons. The molecule has 1 atom stereocenters. The second kappa shape index (κ2) is 12.3. The summed E-state index contributed by atoms with van der Waals surface area (Å²) in [7, 11) is 1.55. The van der Waals surface area contributed by atoms with Crippen LogP contribution in [0, 0.1) is 5.92 Å². The number of phenols is 1. The Bertz CT molecular complexity index is 1000. The van der Waals surface area contributed by atoms with Gasteiger partial charge in [0.1, 0.15) is 11.8 Å². The van der Waals surface area contributed by atoms with E-state index in [1.54, 1.807) is 49.6 Å². The molecule has 1 unspecified atom stereocenters. The number of ether oxygens (including phenoxy) is 2. The summed E-state index contributed by atoms with van der Waals surface area (Å²) in [5, 5.41) is 17.1. The molecule has 0 heterocycles. The van der Waals surface area contributed by atoms with Crippen LogP contribution in [0.1, 0.15) is 42.3 Å². The first-order chi connectivity index (χ1) is 15.8. The lowest BCUT2D eigenvalue weighted by atomic mass is 10.0. The van der Waals surface area contributed by atoms with Crippen molar-refractivity contribution >= 4 is 18.0 Å². The van der Waals surface area contributed by atoms with Crippen LogP contribution in [0.15, 0.2) is 54.2 Å². The topological polar surface area (TPSA) is 109 Å². The summed E-state index contributed by atoms with van der Waals surface area (Å²) >= 11 is 0. The zero-order chi connectivity index (χ0) is 24.4. The number of carbonyl (C=O) groups excluding carboxylic acids is 2. The number of aromatic hydroxyl groups is 1. The smallest absolute Gasteiger partial charge is 0.262 e. The molecule has 0 spiro atoms. The molecule has 0 bridgehead atoms. The molecule has 0 aliphatic carbocycles. The summed E-state index contributed by atoms with van der Waals surface area (Å²) in [5.41, 5.74) is 4.16. The Morgan fingerprint density at radius 3 is 2.48 bits per heavy atom. The van der Waals surface area contributed by atoms with E-state index < -0.39 is 11.9 Å². The summed E-state index contributed by atoms with van der Waals surface area (Å²) in [5.74, 6) is 0.0370. The minimum atomic E-state index is -0.785. The fourth-order valence-corrected chi connectivity index (χ4v) is 3.08. The number of hydrazone groups is 1. The second-order valence-electron chi connectivity index (χ2n) is 7.61. The molecule has 0 saturated carbocycles. The Hall–Kier alpha value is -3.81. The normalized spacial score (nSPS) is 11.8. The van der Waals surface area contributed by atoms with Crippen molar-refractivity contribution in [2.45, 2.75) is 33.2 Å². The van der Waals surface area contributed by atoms with Crippen LogP contribution in [0.4, 0.5) is 0 Å². The molecule has 8 nitrogen and oxygen atoms in total. The lowest BCUT2D eigenvalue weighted by Crippen LogP contribution is -2.48. The Kier molecular flexibility index (Phi) is 9.47. The van der Waals surface area contributed by atoms with Crippen molar-refractivity contribution < 1.29 is 24.2 Å². The van der Waals surface area contributed by atoms with Crippen molar-refractivity contribution in [3.8, 4) is 17.2 Å². The fraction of sp³-hybridized carbons (Fsp3) is 0.320. The molecule has 33 heavy (non-hydrogen) atoms. The van der Waals surface area contributed by atoms with Gasteiger partial charge in [0.05, 0.1) is 19.9 Å². The first-order valence-corrected chi connectivity index (χ1v) is 10.7. The van der Waals surface area contributed by atoms with Crippen LogP contribution in [-0.2, 0) is 11.2 Å². The van der Waals surface area contributed by atoms with E-state index in [4.69, 9.17) is 9.47 Å². The van der Waals surface area contributed by atoms with Crippen LogP contribution < -0.4 is 20.2 Å². The molecule has 0 aliphatic rings. The van der Waals surface area contributed by atoms with Gasteiger partial charge in [-0.3, -0.25) is 9.59 Å². The zero-order valence-corrected chi connectivity index (χ0v) is 19.4. The first kappa shape index (κ1) is 25.5. The monoisotopic (exact) mass is 453 g/mol. The lowest BCUT2D eigenvalue weighted by molar-refractivity contribution is -0.123. The predicted molar refractivity (Wildman–Crippen MR) is 128 cm³/mol. The summed E-state index contributed by atoms with van der Waals surface area (Å²) in [6.45, 7) is 9.57. The van der Waals surface area contributed by atoms with Crippen molar-refractivity contribution in [1.29, 1.82) is 0 Å². The van der Waals surface area contributed by atoms with E-state index in [1.807, 2.05) is 20.8 Å². The van der Waals surface area contributed by atoms with Crippen molar-refractivity contribution in [2.75, 3.05) is 13.7 Å². The summed E-state index contributed by atoms with van der Waals surface area (Å²) in [6.07, 6.45) is 3.58. The van der Waals surface area contributed by atoms with Crippen LogP contribution in [0.3, 0.4) is 0 Å². The second-order valence-corrected chi connectivity index (χ2v) is 7.61. The molecule has 2 aromatic carbocycles. The maximum atomic E-state index is 12.7. The van der Waals surface area contributed by atoms with Crippen molar-refractivity contribution in [3.05, 3.63) is 65.7 Å². The Morgan fingerprint density at radius 2 is 1.91 bits per heavy atom. The van der Waals surface area contributed by atoms with Crippen molar-refractivity contribution in [3.63, 3.8) is 0 Å². The Morgan fingerprint density at radius 1 is 1.21 bits per heavy atom. The summed E-state index contributed by atoms with van der Waals surface area (Å²) < 4.78 is 10.6. The molecule has 2 rings (SSSR count). The van der Waals surface area contributed by atoms with Gasteiger partial charge >= 0.3 is 0 Å². The van der Waals surface area contributed by atoms with E-state index in [1.165, 1.54) is 6.21 Å². The van der Waals surface area contributed by atoms with Gasteiger partial charge < -0.3 is 19.9 Å². The van der Waals surface area contributed by atoms with E-state index in [9.17, 15) is 14.7 Å². The number of amides is 2. The number of carbonyl (C=O) groups is 2. The highest BCUT2D eigenvalue weighted by molar-refractivity contribution is 5.97. The molecule has 2 aromatic rings. The van der Waals surface area contributed by atoms with Crippen molar-refractivity contribution in [2.24, 2.45) is 11.0 Å². The quantitative estimate of drug-likeness (QED) is 0.274. The average molecular weight is 454 g/mol. The van der Waals surface area contributed by atoms with Gasteiger partial charge in [-0.05, 0) is 61.2 Å². The third-order valence-electron chi connectivity index (χ3n) is 4.82. The van der Waals surface area contributed by atoms with Crippen LogP contribution in [-0.4, -0.2) is 42.9 Å². The van der Waals surface area contributed by atoms with Gasteiger partial charge in [0, 0.05) is 11.1 Å². The number of allylic oxidation sites excluding steroid dienone is 1. The minimum Gasteiger partial charge on any atom is -0.504 e. The highest BCUT2D eigenvalue weighted by atomic mass is 16.5. The number of benzene rings is 2. The molecule has 2 amide bonds. The molecule has 3 N–H and O–H groups in total. The summed E-state index contributed by atoms with van der Waals surface area (Å²) in [6, 6.07) is 9.20. The van der Waals surface area contributed by atoms with Crippen LogP contribution in [0.5, 0.6) is 17.2 Å². The van der Waals surface area contributed by atoms with Crippen LogP contribution in [0.2, 0.25) is 0 Å². The number of hydrogen-bond acceptors (Lipinski definition) is 6. The molecular formula is C25H31N3O5. The van der Waals surface area contributed by atoms with E-state index >= 15 is 0 Å². The maximum Gasteiger partial charge on any atom is 0.262 e. The van der Waals surface area contributed by atoms with Crippen LogP contribution in [0.25, 0.3) is 0 Å². The molecule has 176 valence electrons. The Labute approximate surface area is 194 Å². The molecule has 0 aromatic heterocycles. The number of nitrogens with zero attached hydrogens (tertiary/aromatic N) is 1. The average Bonchev–Trinajstić information content (AvgIpc) is 2.80. The van der Waals surface area contributed by atoms with Gasteiger partial charge in [0.15, 0.2) is 11.5 Å². The maximum absolute atomic E-state index is 12.7.